The summed E-state index contributed by atoms with van der Waals surface area (Å²) in [5, 5.41) is 14.2. The quantitative estimate of drug-likeness (QED) is 0.525. The van der Waals surface area contributed by atoms with Crippen molar-refractivity contribution < 1.29 is 9.72 Å². The Bertz CT molecular complexity index is 937. The molecule has 0 aliphatic carbocycles. The van der Waals surface area contributed by atoms with Gasteiger partial charge in [-0.1, -0.05) is 78.4 Å². The minimum absolute atomic E-state index is 0.0424. The molecule has 0 saturated heterocycles. The number of nitrogens with zero attached hydrogens (tertiary/aromatic N) is 1. The number of para-hydroxylation sites is 1. The van der Waals surface area contributed by atoms with E-state index in [0.717, 1.165) is 16.7 Å². The number of nitro benzene ring substituents is 1. The van der Waals surface area contributed by atoms with Crippen molar-refractivity contribution in [1.29, 1.82) is 0 Å². The van der Waals surface area contributed by atoms with Crippen LogP contribution in [-0.4, -0.2) is 10.8 Å². The van der Waals surface area contributed by atoms with Crippen LogP contribution < -0.4 is 5.32 Å². The maximum absolute atomic E-state index is 12.7. The van der Waals surface area contributed by atoms with E-state index in [4.69, 9.17) is 0 Å². The van der Waals surface area contributed by atoms with Gasteiger partial charge >= 0.3 is 0 Å². The topological polar surface area (TPSA) is 72.2 Å². The highest BCUT2D eigenvalue weighted by atomic mass is 16.6. The molecule has 3 aromatic rings. The Labute approximate surface area is 157 Å². The molecule has 0 unspecified atom stereocenters. The molecule has 0 aliphatic rings. The molecule has 3 rings (SSSR count). The summed E-state index contributed by atoms with van der Waals surface area (Å²) in [7, 11) is 0. The van der Waals surface area contributed by atoms with E-state index in [1.165, 1.54) is 6.07 Å². The predicted molar refractivity (Wildman–Crippen MR) is 104 cm³/mol. The zero-order chi connectivity index (χ0) is 19.2. The van der Waals surface area contributed by atoms with Gasteiger partial charge in [-0.15, -0.1) is 0 Å². The fourth-order valence-electron chi connectivity index (χ4n) is 2.99. The molecule has 0 aromatic heterocycles. The van der Waals surface area contributed by atoms with E-state index in [1.54, 1.807) is 18.2 Å². The summed E-state index contributed by atoms with van der Waals surface area (Å²) >= 11 is 0. The second-order valence-electron chi connectivity index (χ2n) is 6.38. The van der Waals surface area contributed by atoms with Crippen LogP contribution in [0.4, 0.5) is 5.69 Å². The van der Waals surface area contributed by atoms with Gasteiger partial charge in [0.25, 0.3) is 5.69 Å². The van der Waals surface area contributed by atoms with Crippen LogP contribution in [0.3, 0.4) is 0 Å². The third-order valence-electron chi connectivity index (χ3n) is 4.39. The van der Waals surface area contributed by atoms with Gasteiger partial charge in [0.15, 0.2) is 0 Å². The van der Waals surface area contributed by atoms with E-state index < -0.39 is 4.92 Å². The highest BCUT2D eigenvalue weighted by Gasteiger charge is 2.20. The first-order valence-corrected chi connectivity index (χ1v) is 8.68. The lowest BCUT2D eigenvalue weighted by Gasteiger charge is -2.20. The molecule has 5 nitrogen and oxygen atoms in total. The lowest BCUT2D eigenvalue weighted by atomic mass is 9.97. The van der Waals surface area contributed by atoms with Crippen molar-refractivity contribution in [1.82, 2.24) is 5.32 Å². The summed E-state index contributed by atoms with van der Waals surface area (Å²) in [6, 6.07) is 23.6. The molecule has 27 heavy (non-hydrogen) atoms. The van der Waals surface area contributed by atoms with E-state index in [-0.39, 0.29) is 24.1 Å². The third kappa shape index (κ3) is 4.58. The first kappa shape index (κ1) is 18.3. The van der Waals surface area contributed by atoms with E-state index in [1.807, 2.05) is 61.5 Å². The van der Waals surface area contributed by atoms with Gasteiger partial charge in [-0.2, -0.15) is 0 Å². The lowest BCUT2D eigenvalue weighted by Crippen LogP contribution is -2.30. The number of amides is 1. The molecule has 0 bridgehead atoms. The van der Waals surface area contributed by atoms with Crippen LogP contribution in [0.15, 0.2) is 78.9 Å². The van der Waals surface area contributed by atoms with Crippen molar-refractivity contribution in [2.45, 2.75) is 19.4 Å². The summed E-state index contributed by atoms with van der Waals surface area (Å²) in [6.07, 6.45) is -0.0493. The molecule has 0 saturated carbocycles. The normalized spacial score (nSPS) is 11.6. The Morgan fingerprint density at radius 1 is 0.926 bits per heavy atom. The number of nitrogens with one attached hydrogen (secondary N) is 1. The molecular formula is C22H20N2O3. The van der Waals surface area contributed by atoms with Gasteiger partial charge in [0.2, 0.25) is 5.91 Å². The molecule has 1 amide bonds. The van der Waals surface area contributed by atoms with Crippen LogP contribution in [0.5, 0.6) is 0 Å². The molecule has 0 heterocycles. The van der Waals surface area contributed by atoms with E-state index in [0.29, 0.717) is 5.56 Å². The zero-order valence-electron chi connectivity index (χ0n) is 15.0. The van der Waals surface area contributed by atoms with Crippen molar-refractivity contribution in [2.24, 2.45) is 0 Å². The molecule has 0 fully saturated rings. The van der Waals surface area contributed by atoms with Crippen molar-refractivity contribution in [3.63, 3.8) is 0 Å². The average molecular weight is 360 g/mol. The van der Waals surface area contributed by atoms with E-state index in [2.05, 4.69) is 5.32 Å². The van der Waals surface area contributed by atoms with Crippen LogP contribution in [-0.2, 0) is 11.2 Å². The molecule has 1 N–H and O–H groups in total. The van der Waals surface area contributed by atoms with Crippen LogP contribution in [0.25, 0.3) is 0 Å². The van der Waals surface area contributed by atoms with Crippen molar-refractivity contribution in [3.05, 3.63) is 111 Å². The Morgan fingerprint density at radius 2 is 1.52 bits per heavy atom. The number of hydrogen-bond donors (Lipinski definition) is 1. The van der Waals surface area contributed by atoms with Gasteiger partial charge < -0.3 is 5.32 Å². The van der Waals surface area contributed by atoms with E-state index in [9.17, 15) is 14.9 Å². The highest BCUT2D eigenvalue weighted by molar-refractivity contribution is 5.80. The fraction of sp³-hybridized carbons (Fsp3) is 0.136. The number of carbonyl (C=O) groups excluding carboxylic acids is 1. The van der Waals surface area contributed by atoms with Crippen LogP contribution in [0.2, 0.25) is 0 Å². The maximum Gasteiger partial charge on any atom is 0.273 e. The Morgan fingerprint density at radius 3 is 2.19 bits per heavy atom. The second-order valence-corrected chi connectivity index (χ2v) is 6.38. The molecular weight excluding hydrogens is 340 g/mol. The monoisotopic (exact) mass is 360 g/mol. The lowest BCUT2D eigenvalue weighted by molar-refractivity contribution is -0.385. The predicted octanol–water partition coefficient (Wildman–Crippen LogP) is 4.35. The average Bonchev–Trinajstić information content (AvgIpc) is 2.68. The maximum atomic E-state index is 12.7. The SMILES string of the molecule is Cc1ccc([C@H](NC(=O)Cc2ccccc2[N+](=O)[O-])c2ccccc2)cc1. The number of carbonyl (C=O) groups is 1. The summed E-state index contributed by atoms with van der Waals surface area (Å²) in [5.74, 6) is -0.265. The Balaban J connectivity index is 1.85. The van der Waals surface area contributed by atoms with Crippen molar-refractivity contribution >= 4 is 11.6 Å². The number of benzene rings is 3. The van der Waals surface area contributed by atoms with Crippen LogP contribution >= 0.6 is 0 Å². The summed E-state index contributed by atoms with van der Waals surface area (Å²) in [5.41, 5.74) is 3.41. The second kappa shape index (κ2) is 8.27. The molecule has 0 spiro atoms. The van der Waals surface area contributed by atoms with Gasteiger partial charge in [0.05, 0.1) is 17.4 Å². The minimum atomic E-state index is -0.461. The molecule has 5 heteroatoms. The summed E-state index contributed by atoms with van der Waals surface area (Å²) in [6.45, 7) is 2.01. The molecule has 1 atom stereocenters. The largest absolute Gasteiger partial charge is 0.345 e. The van der Waals surface area contributed by atoms with Gasteiger partial charge in [-0.05, 0) is 18.1 Å². The smallest absolute Gasteiger partial charge is 0.273 e. The van der Waals surface area contributed by atoms with Crippen LogP contribution in [0.1, 0.15) is 28.3 Å². The van der Waals surface area contributed by atoms with Gasteiger partial charge in [-0.3, -0.25) is 14.9 Å². The van der Waals surface area contributed by atoms with Crippen molar-refractivity contribution in [2.75, 3.05) is 0 Å². The van der Waals surface area contributed by atoms with Crippen LogP contribution in [0, 0.1) is 17.0 Å². The molecule has 3 aromatic carbocycles. The molecule has 0 aliphatic heterocycles. The first-order valence-electron chi connectivity index (χ1n) is 8.68. The third-order valence-corrected chi connectivity index (χ3v) is 4.39. The Kier molecular flexibility index (Phi) is 5.61. The summed E-state index contributed by atoms with van der Waals surface area (Å²) in [4.78, 5) is 23.4. The molecule has 136 valence electrons. The van der Waals surface area contributed by atoms with E-state index >= 15 is 0 Å². The van der Waals surface area contributed by atoms with Gasteiger partial charge in [0.1, 0.15) is 0 Å². The number of rotatable bonds is 6. The minimum Gasteiger partial charge on any atom is -0.345 e. The fourth-order valence-corrected chi connectivity index (χ4v) is 2.99. The zero-order valence-corrected chi connectivity index (χ0v) is 15.0. The number of aryl methyl sites for hydroxylation is 1. The summed E-state index contributed by atoms with van der Waals surface area (Å²) < 4.78 is 0. The number of hydrogen-bond acceptors (Lipinski definition) is 3. The van der Waals surface area contributed by atoms with Crippen molar-refractivity contribution in [3.8, 4) is 0 Å². The standard InChI is InChI=1S/C22H20N2O3/c1-16-11-13-18(14-12-16)22(17-7-3-2-4-8-17)23-21(25)15-19-9-5-6-10-20(19)24(26)27/h2-14,22H,15H2,1H3,(H,23,25)/t22-/m1/s1. The first-order chi connectivity index (χ1) is 13.0. The van der Waals surface area contributed by atoms with Gasteiger partial charge in [0, 0.05) is 11.6 Å². The number of nitro groups is 1. The molecule has 0 radical (unpaired) electrons. The Hall–Kier alpha value is -3.47. The highest BCUT2D eigenvalue weighted by Crippen LogP contribution is 2.23. The van der Waals surface area contributed by atoms with Gasteiger partial charge in [-0.25, -0.2) is 0 Å².